The van der Waals surface area contributed by atoms with Crippen LogP contribution in [0.4, 0.5) is 5.95 Å². The molecule has 1 aromatic rings. The summed E-state index contributed by atoms with van der Waals surface area (Å²) in [5, 5.41) is 0. The van der Waals surface area contributed by atoms with Crippen LogP contribution < -0.4 is 10.6 Å². The molecule has 0 aliphatic carbocycles. The van der Waals surface area contributed by atoms with Gasteiger partial charge in [-0.25, -0.2) is 9.97 Å². The molecule has 0 radical (unpaired) electrons. The number of nitrogens with zero attached hydrogens (tertiary/aromatic N) is 4. The Balaban J connectivity index is 2.59. The minimum absolute atomic E-state index is 0.301. The van der Waals surface area contributed by atoms with Gasteiger partial charge in [0.25, 0.3) is 0 Å². The van der Waals surface area contributed by atoms with Crippen molar-refractivity contribution >= 4 is 23.2 Å². The lowest BCUT2D eigenvalue weighted by Crippen LogP contribution is -2.25. The third kappa shape index (κ3) is 4.62. The Kier molecular flexibility index (Phi) is 5.24. The van der Waals surface area contributed by atoms with E-state index in [1.807, 2.05) is 11.9 Å². The molecule has 1 rings (SSSR count). The lowest BCUT2D eigenvalue weighted by Gasteiger charge is -2.18. The van der Waals surface area contributed by atoms with Gasteiger partial charge in [0.1, 0.15) is 10.7 Å². The van der Waals surface area contributed by atoms with Gasteiger partial charge < -0.3 is 15.5 Å². The van der Waals surface area contributed by atoms with Crippen molar-refractivity contribution in [2.45, 2.75) is 6.42 Å². The highest BCUT2D eigenvalue weighted by atomic mass is 32.1. The van der Waals surface area contributed by atoms with Crippen molar-refractivity contribution < 1.29 is 0 Å². The fourth-order valence-electron chi connectivity index (χ4n) is 1.39. The Bertz CT molecular complexity index is 380. The molecule has 1 heterocycles. The first kappa shape index (κ1) is 13.8. The van der Waals surface area contributed by atoms with E-state index in [0.717, 1.165) is 19.5 Å². The van der Waals surface area contributed by atoms with Crippen LogP contribution >= 0.6 is 12.2 Å². The number of hydrogen-bond donors (Lipinski definition) is 1. The summed E-state index contributed by atoms with van der Waals surface area (Å²) >= 11 is 4.89. The molecular formula is C11H19N5S. The van der Waals surface area contributed by atoms with E-state index in [1.54, 1.807) is 12.3 Å². The van der Waals surface area contributed by atoms with Gasteiger partial charge in [-0.05, 0) is 33.1 Å². The van der Waals surface area contributed by atoms with Crippen LogP contribution in [0.1, 0.15) is 12.1 Å². The molecule has 0 saturated heterocycles. The van der Waals surface area contributed by atoms with Crippen LogP contribution in [0.3, 0.4) is 0 Å². The summed E-state index contributed by atoms with van der Waals surface area (Å²) in [7, 11) is 6.09. The zero-order valence-corrected chi connectivity index (χ0v) is 11.4. The highest BCUT2D eigenvalue weighted by Crippen LogP contribution is 2.06. The SMILES string of the molecule is CN(C)CCCN(C)c1nccc(C(N)=S)n1. The molecule has 0 spiro atoms. The normalized spacial score (nSPS) is 10.6. The highest BCUT2D eigenvalue weighted by Gasteiger charge is 2.06. The van der Waals surface area contributed by atoms with Crippen LogP contribution in [-0.2, 0) is 0 Å². The Hall–Kier alpha value is -1.27. The second kappa shape index (κ2) is 6.46. The van der Waals surface area contributed by atoms with Crippen LogP contribution in [0.2, 0.25) is 0 Å². The molecule has 17 heavy (non-hydrogen) atoms. The van der Waals surface area contributed by atoms with Crippen molar-refractivity contribution in [1.82, 2.24) is 14.9 Å². The first-order valence-corrected chi connectivity index (χ1v) is 5.90. The van der Waals surface area contributed by atoms with Crippen LogP contribution in [0.15, 0.2) is 12.3 Å². The summed E-state index contributed by atoms with van der Waals surface area (Å²) in [6, 6.07) is 1.72. The van der Waals surface area contributed by atoms with Crippen molar-refractivity contribution in [1.29, 1.82) is 0 Å². The van der Waals surface area contributed by atoms with Crippen LogP contribution in [0, 0.1) is 0 Å². The topological polar surface area (TPSA) is 58.3 Å². The number of rotatable bonds is 6. The molecule has 5 nitrogen and oxygen atoms in total. The Morgan fingerprint density at radius 3 is 2.65 bits per heavy atom. The molecule has 0 aliphatic rings. The van der Waals surface area contributed by atoms with Gasteiger partial charge in [-0.2, -0.15) is 0 Å². The molecule has 1 aromatic heterocycles. The lowest BCUT2D eigenvalue weighted by molar-refractivity contribution is 0.401. The van der Waals surface area contributed by atoms with Gasteiger partial charge in [0.2, 0.25) is 5.95 Å². The molecule has 2 N–H and O–H groups in total. The number of hydrogen-bond acceptors (Lipinski definition) is 5. The summed E-state index contributed by atoms with van der Waals surface area (Å²) in [5.74, 6) is 0.661. The first-order valence-electron chi connectivity index (χ1n) is 5.49. The smallest absolute Gasteiger partial charge is 0.225 e. The maximum Gasteiger partial charge on any atom is 0.225 e. The summed E-state index contributed by atoms with van der Waals surface area (Å²) in [6.07, 6.45) is 2.74. The van der Waals surface area contributed by atoms with Gasteiger partial charge in [-0.3, -0.25) is 0 Å². The number of nitrogens with two attached hydrogens (primary N) is 1. The molecule has 0 atom stereocenters. The second-order valence-electron chi connectivity index (χ2n) is 4.18. The van der Waals surface area contributed by atoms with E-state index in [0.29, 0.717) is 16.6 Å². The molecule has 0 amide bonds. The molecule has 94 valence electrons. The van der Waals surface area contributed by atoms with Crippen molar-refractivity contribution in [2.24, 2.45) is 5.73 Å². The third-order valence-electron chi connectivity index (χ3n) is 2.34. The predicted molar refractivity (Wildman–Crippen MR) is 74.4 cm³/mol. The van der Waals surface area contributed by atoms with Gasteiger partial charge in [0, 0.05) is 19.8 Å². The summed E-state index contributed by atoms with van der Waals surface area (Å²) < 4.78 is 0. The standard InChI is InChI=1S/C11H19N5S/c1-15(2)7-4-8-16(3)11-13-6-5-9(14-11)10(12)17/h5-6H,4,7-8H2,1-3H3,(H2,12,17). The van der Waals surface area contributed by atoms with Crippen molar-refractivity contribution in [3.8, 4) is 0 Å². The van der Waals surface area contributed by atoms with Gasteiger partial charge in [0.05, 0.1) is 0 Å². The zero-order valence-electron chi connectivity index (χ0n) is 10.6. The minimum atomic E-state index is 0.301. The molecule has 0 bridgehead atoms. The maximum absolute atomic E-state index is 5.54. The van der Waals surface area contributed by atoms with E-state index in [9.17, 15) is 0 Å². The second-order valence-corrected chi connectivity index (χ2v) is 4.62. The zero-order chi connectivity index (χ0) is 12.8. The molecule has 0 fully saturated rings. The highest BCUT2D eigenvalue weighted by molar-refractivity contribution is 7.80. The Labute approximate surface area is 108 Å². The van der Waals surface area contributed by atoms with E-state index in [2.05, 4.69) is 29.0 Å². The first-order chi connectivity index (χ1) is 8.00. The largest absolute Gasteiger partial charge is 0.388 e. The molecule has 6 heteroatoms. The molecule has 0 unspecified atom stereocenters. The molecule has 0 aliphatic heterocycles. The number of aromatic nitrogens is 2. The fourth-order valence-corrected chi connectivity index (χ4v) is 1.51. The van der Waals surface area contributed by atoms with Crippen LogP contribution in [0.25, 0.3) is 0 Å². The predicted octanol–water partition coefficient (Wildman–Crippen LogP) is 0.499. The summed E-state index contributed by atoms with van der Waals surface area (Å²) in [4.78, 5) is 13.0. The number of thiocarbonyl (C=S) groups is 1. The fraction of sp³-hybridized carbons (Fsp3) is 0.545. The molecule has 0 saturated carbocycles. The van der Waals surface area contributed by atoms with Gasteiger partial charge in [-0.1, -0.05) is 12.2 Å². The van der Waals surface area contributed by atoms with Crippen molar-refractivity contribution in [2.75, 3.05) is 39.1 Å². The number of anilines is 1. The van der Waals surface area contributed by atoms with Gasteiger partial charge >= 0.3 is 0 Å². The minimum Gasteiger partial charge on any atom is -0.388 e. The molecule has 0 aromatic carbocycles. The third-order valence-corrected chi connectivity index (χ3v) is 2.54. The van der Waals surface area contributed by atoms with E-state index in [4.69, 9.17) is 18.0 Å². The van der Waals surface area contributed by atoms with Gasteiger partial charge in [-0.15, -0.1) is 0 Å². The van der Waals surface area contributed by atoms with Gasteiger partial charge in [0.15, 0.2) is 0 Å². The summed E-state index contributed by atoms with van der Waals surface area (Å²) in [5.41, 5.74) is 6.15. The van der Waals surface area contributed by atoms with Crippen LogP contribution in [0.5, 0.6) is 0 Å². The Morgan fingerprint density at radius 1 is 1.35 bits per heavy atom. The lowest BCUT2D eigenvalue weighted by atomic mass is 10.4. The quantitative estimate of drug-likeness (QED) is 0.745. The van der Waals surface area contributed by atoms with Crippen molar-refractivity contribution in [3.05, 3.63) is 18.0 Å². The monoisotopic (exact) mass is 253 g/mol. The van der Waals surface area contributed by atoms with Crippen molar-refractivity contribution in [3.63, 3.8) is 0 Å². The van der Waals surface area contributed by atoms with E-state index in [-0.39, 0.29) is 0 Å². The Morgan fingerprint density at radius 2 is 2.06 bits per heavy atom. The molecular weight excluding hydrogens is 234 g/mol. The maximum atomic E-state index is 5.54. The van der Waals surface area contributed by atoms with Crippen LogP contribution in [-0.4, -0.2) is 54.1 Å². The summed E-state index contributed by atoms with van der Waals surface area (Å²) in [6.45, 7) is 1.94. The van der Waals surface area contributed by atoms with E-state index >= 15 is 0 Å². The van der Waals surface area contributed by atoms with E-state index < -0.39 is 0 Å². The van der Waals surface area contributed by atoms with E-state index in [1.165, 1.54) is 0 Å². The average Bonchev–Trinajstić information content (AvgIpc) is 2.28. The average molecular weight is 253 g/mol.